The monoisotopic (exact) mass is 339 g/mol. The van der Waals surface area contributed by atoms with Crippen LogP contribution in [-0.2, 0) is 9.53 Å². The van der Waals surface area contributed by atoms with Crippen molar-refractivity contribution < 1.29 is 9.53 Å². The number of rotatable bonds is 5. The number of ether oxygens (including phenoxy) is 1. The fraction of sp³-hybridized carbons (Fsp3) is 0.450. The number of carbonyl (C=O) groups is 1. The average molecular weight is 339 g/mol. The van der Waals surface area contributed by atoms with Gasteiger partial charge in [-0.2, -0.15) is 0 Å². The molecule has 132 valence electrons. The summed E-state index contributed by atoms with van der Waals surface area (Å²) in [5, 5.41) is 0. The van der Waals surface area contributed by atoms with E-state index in [2.05, 4.69) is 24.0 Å². The Labute approximate surface area is 149 Å². The van der Waals surface area contributed by atoms with E-state index in [9.17, 15) is 4.79 Å². The lowest BCUT2D eigenvalue weighted by atomic mass is 9.94. The number of likely N-dealkylation sites (tertiary alicyclic amines) is 1. The molecule has 1 aromatic heterocycles. The Morgan fingerprint density at radius 1 is 1.36 bits per heavy atom. The summed E-state index contributed by atoms with van der Waals surface area (Å²) in [6.45, 7) is 6.21. The number of nitrogens with zero attached hydrogens (tertiary/aromatic N) is 3. The van der Waals surface area contributed by atoms with Crippen molar-refractivity contribution >= 4 is 5.91 Å². The van der Waals surface area contributed by atoms with E-state index in [-0.39, 0.29) is 18.4 Å². The fourth-order valence-corrected chi connectivity index (χ4v) is 3.25. The maximum absolute atomic E-state index is 12.2. The summed E-state index contributed by atoms with van der Waals surface area (Å²) >= 11 is 0. The average Bonchev–Trinajstić information content (AvgIpc) is 2.66. The molecule has 0 spiro atoms. The van der Waals surface area contributed by atoms with Crippen LogP contribution in [0.5, 0.6) is 0 Å². The second-order valence-electron chi connectivity index (χ2n) is 6.49. The third-order valence-corrected chi connectivity index (χ3v) is 4.58. The van der Waals surface area contributed by atoms with Crippen LogP contribution in [0.15, 0.2) is 36.5 Å². The zero-order chi connectivity index (χ0) is 17.6. The van der Waals surface area contributed by atoms with E-state index in [0.29, 0.717) is 13.2 Å². The van der Waals surface area contributed by atoms with Gasteiger partial charge in [-0.25, -0.2) is 9.97 Å². The summed E-state index contributed by atoms with van der Waals surface area (Å²) in [7, 11) is 0. The van der Waals surface area contributed by atoms with Crippen molar-refractivity contribution in [2.45, 2.75) is 32.6 Å². The van der Waals surface area contributed by atoms with Crippen LogP contribution in [0.25, 0.3) is 11.4 Å². The van der Waals surface area contributed by atoms with Gasteiger partial charge in [0.15, 0.2) is 5.82 Å². The van der Waals surface area contributed by atoms with Crippen molar-refractivity contribution in [3.05, 3.63) is 47.8 Å². The molecule has 1 aromatic carbocycles. The van der Waals surface area contributed by atoms with Gasteiger partial charge < -0.3 is 9.64 Å². The molecule has 1 saturated heterocycles. The molecule has 1 aliphatic rings. The highest BCUT2D eigenvalue weighted by Crippen LogP contribution is 2.27. The number of hydrogen-bond acceptors (Lipinski definition) is 4. The Bertz CT molecular complexity index is 732. The minimum absolute atomic E-state index is 0.0690. The highest BCUT2D eigenvalue weighted by Gasteiger charge is 2.25. The number of aryl methyl sites for hydroxylation is 1. The van der Waals surface area contributed by atoms with E-state index in [1.165, 1.54) is 5.56 Å². The minimum atomic E-state index is 0.0690. The van der Waals surface area contributed by atoms with E-state index >= 15 is 0 Å². The molecule has 5 nitrogen and oxygen atoms in total. The molecule has 0 N–H and O–H groups in total. The summed E-state index contributed by atoms with van der Waals surface area (Å²) in [5.74, 6) is 1.07. The Balaban J connectivity index is 1.75. The van der Waals surface area contributed by atoms with Crippen molar-refractivity contribution in [2.75, 3.05) is 26.3 Å². The Morgan fingerprint density at radius 3 is 3.04 bits per heavy atom. The molecular weight excluding hydrogens is 314 g/mol. The summed E-state index contributed by atoms with van der Waals surface area (Å²) in [4.78, 5) is 23.3. The summed E-state index contributed by atoms with van der Waals surface area (Å²) < 4.78 is 5.26. The second-order valence-corrected chi connectivity index (χ2v) is 6.49. The van der Waals surface area contributed by atoms with Crippen molar-refractivity contribution in [1.29, 1.82) is 0 Å². The van der Waals surface area contributed by atoms with Gasteiger partial charge in [0.25, 0.3) is 0 Å². The molecule has 25 heavy (non-hydrogen) atoms. The first-order valence-corrected chi connectivity index (χ1v) is 8.93. The third kappa shape index (κ3) is 4.42. The summed E-state index contributed by atoms with van der Waals surface area (Å²) in [6, 6.07) is 10.2. The Kier molecular flexibility index (Phi) is 5.76. The van der Waals surface area contributed by atoms with Crippen LogP contribution < -0.4 is 0 Å². The van der Waals surface area contributed by atoms with Crippen molar-refractivity contribution in [3.8, 4) is 11.4 Å². The first-order chi connectivity index (χ1) is 12.2. The van der Waals surface area contributed by atoms with Gasteiger partial charge >= 0.3 is 0 Å². The molecule has 3 rings (SSSR count). The molecule has 2 aromatic rings. The van der Waals surface area contributed by atoms with Crippen LogP contribution in [0.2, 0.25) is 0 Å². The quantitative estimate of drug-likeness (QED) is 0.839. The molecular formula is C20H25N3O2. The van der Waals surface area contributed by atoms with E-state index in [0.717, 1.165) is 36.5 Å². The third-order valence-electron chi connectivity index (χ3n) is 4.58. The van der Waals surface area contributed by atoms with Crippen molar-refractivity contribution in [3.63, 3.8) is 0 Å². The van der Waals surface area contributed by atoms with Gasteiger partial charge in [0.2, 0.25) is 5.91 Å². The Morgan fingerprint density at radius 2 is 2.24 bits per heavy atom. The number of hydrogen-bond donors (Lipinski definition) is 0. The van der Waals surface area contributed by atoms with Crippen LogP contribution in [0.3, 0.4) is 0 Å². The zero-order valence-electron chi connectivity index (χ0n) is 14.9. The number of aromatic nitrogens is 2. The van der Waals surface area contributed by atoms with Crippen LogP contribution >= 0.6 is 0 Å². The zero-order valence-corrected chi connectivity index (χ0v) is 14.9. The molecule has 1 amide bonds. The molecule has 5 heteroatoms. The maximum atomic E-state index is 12.2. The molecule has 2 heterocycles. The smallest absolute Gasteiger partial charge is 0.248 e. The van der Waals surface area contributed by atoms with Gasteiger partial charge in [0, 0.05) is 43.1 Å². The van der Waals surface area contributed by atoms with E-state index in [1.807, 2.05) is 36.2 Å². The van der Waals surface area contributed by atoms with Gasteiger partial charge in [-0.05, 0) is 38.8 Å². The fourth-order valence-electron chi connectivity index (χ4n) is 3.25. The topological polar surface area (TPSA) is 55.3 Å². The largest absolute Gasteiger partial charge is 0.372 e. The number of amides is 1. The molecule has 1 unspecified atom stereocenters. The summed E-state index contributed by atoms with van der Waals surface area (Å²) in [6.07, 6.45) is 3.86. The van der Waals surface area contributed by atoms with Gasteiger partial charge in [-0.1, -0.05) is 23.8 Å². The standard InChI is InChI=1S/C20H25N3O2/c1-3-25-14-19(24)23-11-5-8-17(13-23)18-9-10-21-20(22-18)16-7-4-6-15(2)12-16/h4,6-7,9-10,12,17H,3,5,8,11,13-14H2,1-2H3. The SMILES string of the molecule is CCOCC(=O)N1CCCC(c2ccnc(-c3cccc(C)c3)n2)C1. The maximum Gasteiger partial charge on any atom is 0.248 e. The molecule has 1 fully saturated rings. The summed E-state index contributed by atoms with van der Waals surface area (Å²) in [5.41, 5.74) is 3.24. The molecule has 0 radical (unpaired) electrons. The lowest BCUT2D eigenvalue weighted by Crippen LogP contribution is -2.41. The minimum Gasteiger partial charge on any atom is -0.372 e. The molecule has 1 atom stereocenters. The normalized spacial score (nSPS) is 17.5. The lowest BCUT2D eigenvalue weighted by Gasteiger charge is -2.32. The molecule has 0 bridgehead atoms. The van der Waals surface area contributed by atoms with Crippen LogP contribution in [0.1, 0.15) is 36.9 Å². The van der Waals surface area contributed by atoms with Gasteiger partial charge in [-0.3, -0.25) is 4.79 Å². The number of benzene rings is 1. The second kappa shape index (κ2) is 8.21. The first-order valence-electron chi connectivity index (χ1n) is 8.93. The van der Waals surface area contributed by atoms with Crippen LogP contribution in [0, 0.1) is 6.92 Å². The predicted octanol–water partition coefficient (Wildman–Crippen LogP) is 3.19. The van der Waals surface area contributed by atoms with Crippen molar-refractivity contribution in [1.82, 2.24) is 14.9 Å². The van der Waals surface area contributed by atoms with E-state index in [1.54, 1.807) is 0 Å². The van der Waals surface area contributed by atoms with Crippen LogP contribution in [0.4, 0.5) is 0 Å². The number of carbonyl (C=O) groups excluding carboxylic acids is 1. The van der Waals surface area contributed by atoms with Gasteiger partial charge in [-0.15, -0.1) is 0 Å². The predicted molar refractivity (Wildman–Crippen MR) is 97.3 cm³/mol. The number of piperidine rings is 1. The first kappa shape index (κ1) is 17.5. The lowest BCUT2D eigenvalue weighted by molar-refractivity contribution is -0.137. The van der Waals surface area contributed by atoms with Gasteiger partial charge in [0.05, 0.1) is 0 Å². The molecule has 1 aliphatic heterocycles. The van der Waals surface area contributed by atoms with E-state index in [4.69, 9.17) is 9.72 Å². The molecule has 0 aliphatic carbocycles. The Hall–Kier alpha value is -2.27. The van der Waals surface area contributed by atoms with Crippen molar-refractivity contribution in [2.24, 2.45) is 0 Å². The molecule has 0 saturated carbocycles. The van der Waals surface area contributed by atoms with Crippen LogP contribution in [-0.4, -0.2) is 47.1 Å². The van der Waals surface area contributed by atoms with E-state index < -0.39 is 0 Å². The highest BCUT2D eigenvalue weighted by molar-refractivity contribution is 5.77. The highest BCUT2D eigenvalue weighted by atomic mass is 16.5. The van der Waals surface area contributed by atoms with Gasteiger partial charge in [0.1, 0.15) is 6.61 Å².